The number of halogens is 1. The van der Waals surface area contributed by atoms with Crippen LogP contribution >= 0.6 is 0 Å². The summed E-state index contributed by atoms with van der Waals surface area (Å²) >= 11 is 0. The summed E-state index contributed by atoms with van der Waals surface area (Å²) in [4.78, 5) is 33.2. The van der Waals surface area contributed by atoms with Crippen LogP contribution in [0.25, 0.3) is 0 Å². The van der Waals surface area contributed by atoms with Gasteiger partial charge in [0, 0.05) is 19.1 Å². The van der Waals surface area contributed by atoms with Gasteiger partial charge < -0.3 is 25.4 Å². The number of piperidine rings is 1. The summed E-state index contributed by atoms with van der Waals surface area (Å²) in [5.41, 5.74) is 6.23. The summed E-state index contributed by atoms with van der Waals surface area (Å²) in [5, 5.41) is 4.80. The number of methoxy groups -OCH3 is 2. The Balaban J connectivity index is 1.66. The van der Waals surface area contributed by atoms with Crippen molar-refractivity contribution in [2.45, 2.75) is 18.9 Å². The Morgan fingerprint density at radius 3 is 2.53 bits per heavy atom. The molecular weight excluding hydrogens is 395 g/mol. The summed E-state index contributed by atoms with van der Waals surface area (Å²) in [6, 6.07) is 7.00. The number of anilines is 2. The number of hydroxylamine groups is 2. The van der Waals surface area contributed by atoms with Gasteiger partial charge in [-0.25, -0.2) is 14.2 Å². The fraction of sp³-hybridized carbons (Fsp3) is 0.350. The predicted octanol–water partition coefficient (Wildman–Crippen LogP) is 2.62. The molecule has 0 spiro atoms. The number of hydrogen-bond acceptors (Lipinski definition) is 9. The number of nitrogens with two attached hydrogens (primary N) is 1. The highest BCUT2D eigenvalue weighted by atomic mass is 19.1. The number of aromatic nitrogens is 1. The Labute approximate surface area is 172 Å². The fourth-order valence-corrected chi connectivity index (χ4v) is 3.19. The molecule has 30 heavy (non-hydrogen) atoms. The third-order valence-corrected chi connectivity index (χ3v) is 4.75. The first-order chi connectivity index (χ1) is 14.4. The van der Waals surface area contributed by atoms with Gasteiger partial charge in [0.2, 0.25) is 5.78 Å². The first-order valence-corrected chi connectivity index (χ1v) is 9.33. The molecule has 0 aliphatic carbocycles. The number of nitrogens with one attached hydrogen (secondary N) is 1. The lowest BCUT2D eigenvalue weighted by atomic mass is 10.0. The van der Waals surface area contributed by atoms with Crippen LogP contribution in [-0.4, -0.2) is 55.3 Å². The number of nitrogens with zero attached hydrogens (tertiary/aromatic N) is 2. The largest absolute Gasteiger partial charge is 0.527 e. The molecule has 9 nitrogen and oxygen atoms in total. The van der Waals surface area contributed by atoms with Crippen LogP contribution in [0.5, 0.6) is 5.75 Å². The molecular formula is C20H23FN4O5. The molecule has 160 valence electrons. The number of nitrogen functional groups attached to an aromatic ring is 1. The van der Waals surface area contributed by atoms with E-state index in [-0.39, 0.29) is 28.7 Å². The average molecular weight is 418 g/mol. The Kier molecular flexibility index (Phi) is 6.68. The topological polar surface area (TPSA) is 116 Å². The third-order valence-electron chi connectivity index (χ3n) is 4.75. The van der Waals surface area contributed by atoms with E-state index in [1.165, 1.54) is 26.4 Å². The van der Waals surface area contributed by atoms with E-state index in [9.17, 15) is 14.0 Å². The number of carbonyl (C=O) groups is 2. The maximum absolute atomic E-state index is 13.6. The van der Waals surface area contributed by atoms with Crippen molar-refractivity contribution in [3.8, 4) is 5.75 Å². The maximum Gasteiger partial charge on any atom is 0.527 e. The molecule has 0 amide bonds. The van der Waals surface area contributed by atoms with E-state index in [0.29, 0.717) is 31.7 Å². The summed E-state index contributed by atoms with van der Waals surface area (Å²) in [6.45, 7) is 1.08. The standard InChI is InChI=1S/C20H23FN4O5/c1-28-16-5-3-12(21)11-15(16)18(26)14-4-6-17(24-19(14)22)23-13-7-9-25(10-8-13)30-20(27)29-2/h3-6,11,13H,7-10H2,1-2H3,(H3,22,23,24). The zero-order valence-corrected chi connectivity index (χ0v) is 16.7. The highest BCUT2D eigenvalue weighted by Crippen LogP contribution is 2.26. The quantitative estimate of drug-likeness (QED) is 0.539. The van der Waals surface area contributed by atoms with E-state index >= 15 is 0 Å². The molecule has 1 aromatic heterocycles. The van der Waals surface area contributed by atoms with Crippen LogP contribution in [-0.2, 0) is 9.57 Å². The minimum absolute atomic E-state index is 0.0303. The van der Waals surface area contributed by atoms with Crippen LogP contribution in [0.15, 0.2) is 30.3 Å². The lowest BCUT2D eigenvalue weighted by Gasteiger charge is -2.30. The van der Waals surface area contributed by atoms with Gasteiger partial charge in [-0.1, -0.05) is 0 Å². The van der Waals surface area contributed by atoms with Gasteiger partial charge >= 0.3 is 6.16 Å². The highest BCUT2D eigenvalue weighted by Gasteiger charge is 2.23. The van der Waals surface area contributed by atoms with Gasteiger partial charge in [-0.15, -0.1) is 5.06 Å². The molecule has 3 rings (SSSR count). The van der Waals surface area contributed by atoms with E-state index in [2.05, 4.69) is 15.0 Å². The number of hydrogen-bond donors (Lipinski definition) is 2. The molecule has 2 aromatic rings. The van der Waals surface area contributed by atoms with Gasteiger partial charge in [0.25, 0.3) is 0 Å². The second-order valence-corrected chi connectivity index (χ2v) is 6.70. The van der Waals surface area contributed by atoms with Crippen molar-refractivity contribution < 1.29 is 28.3 Å². The summed E-state index contributed by atoms with van der Waals surface area (Å²) in [6.07, 6.45) is 0.672. The number of ketones is 1. The minimum Gasteiger partial charge on any atom is -0.496 e. The summed E-state index contributed by atoms with van der Waals surface area (Å²) in [7, 11) is 2.66. The highest BCUT2D eigenvalue weighted by molar-refractivity contribution is 6.13. The molecule has 0 unspecified atom stereocenters. The van der Waals surface area contributed by atoms with Gasteiger partial charge in [0.05, 0.1) is 25.3 Å². The molecule has 0 saturated carbocycles. The summed E-state index contributed by atoms with van der Waals surface area (Å²) in [5.74, 6) is -0.225. The van der Waals surface area contributed by atoms with Crippen molar-refractivity contribution in [3.63, 3.8) is 0 Å². The average Bonchev–Trinajstić information content (AvgIpc) is 2.74. The number of benzene rings is 1. The monoisotopic (exact) mass is 418 g/mol. The van der Waals surface area contributed by atoms with Crippen LogP contribution in [0.2, 0.25) is 0 Å². The predicted molar refractivity (Wildman–Crippen MR) is 107 cm³/mol. The maximum atomic E-state index is 13.6. The first kappa shape index (κ1) is 21.3. The van der Waals surface area contributed by atoms with Crippen molar-refractivity contribution in [2.75, 3.05) is 38.4 Å². The normalized spacial score (nSPS) is 14.8. The number of pyridine rings is 1. The van der Waals surface area contributed by atoms with Crippen LogP contribution in [0.4, 0.5) is 20.8 Å². The number of rotatable bonds is 6. The van der Waals surface area contributed by atoms with Crippen molar-refractivity contribution in [1.82, 2.24) is 10.0 Å². The van der Waals surface area contributed by atoms with Crippen molar-refractivity contribution in [2.24, 2.45) is 0 Å². The fourth-order valence-electron chi connectivity index (χ4n) is 3.19. The molecule has 2 heterocycles. The van der Waals surface area contributed by atoms with Gasteiger partial charge in [0.1, 0.15) is 23.2 Å². The second kappa shape index (κ2) is 9.40. The van der Waals surface area contributed by atoms with E-state index < -0.39 is 17.8 Å². The van der Waals surface area contributed by atoms with Crippen LogP contribution in [0, 0.1) is 5.82 Å². The molecule has 3 N–H and O–H groups in total. The van der Waals surface area contributed by atoms with E-state index in [4.69, 9.17) is 15.3 Å². The van der Waals surface area contributed by atoms with Crippen molar-refractivity contribution in [3.05, 3.63) is 47.3 Å². The van der Waals surface area contributed by atoms with Crippen LogP contribution in [0.1, 0.15) is 28.8 Å². The Morgan fingerprint density at radius 1 is 1.17 bits per heavy atom. The van der Waals surface area contributed by atoms with E-state index in [1.54, 1.807) is 17.2 Å². The molecule has 0 atom stereocenters. The molecule has 1 aromatic carbocycles. The molecule has 1 fully saturated rings. The Bertz CT molecular complexity index is 931. The third kappa shape index (κ3) is 4.95. The van der Waals surface area contributed by atoms with Gasteiger partial charge in [-0.05, 0) is 43.2 Å². The smallest absolute Gasteiger partial charge is 0.496 e. The lowest BCUT2D eigenvalue weighted by Crippen LogP contribution is -2.40. The Hall–Kier alpha value is -3.40. The number of ether oxygens (including phenoxy) is 2. The van der Waals surface area contributed by atoms with Gasteiger partial charge in [-0.3, -0.25) is 4.79 Å². The second-order valence-electron chi connectivity index (χ2n) is 6.70. The number of carbonyl (C=O) groups excluding carboxylic acids is 2. The lowest BCUT2D eigenvalue weighted by molar-refractivity contribution is -0.134. The molecule has 0 bridgehead atoms. The van der Waals surface area contributed by atoms with E-state index in [0.717, 1.165) is 6.07 Å². The first-order valence-electron chi connectivity index (χ1n) is 9.33. The molecule has 0 radical (unpaired) electrons. The van der Waals surface area contributed by atoms with Gasteiger partial charge in [-0.2, -0.15) is 0 Å². The van der Waals surface area contributed by atoms with Crippen molar-refractivity contribution >= 4 is 23.6 Å². The van der Waals surface area contributed by atoms with Crippen LogP contribution < -0.4 is 15.8 Å². The zero-order chi connectivity index (χ0) is 21.7. The molecule has 1 aliphatic heterocycles. The zero-order valence-electron chi connectivity index (χ0n) is 16.7. The van der Waals surface area contributed by atoms with Crippen molar-refractivity contribution in [1.29, 1.82) is 0 Å². The Morgan fingerprint density at radius 2 is 1.90 bits per heavy atom. The van der Waals surface area contributed by atoms with Crippen LogP contribution in [0.3, 0.4) is 0 Å². The summed E-state index contributed by atoms with van der Waals surface area (Å²) < 4.78 is 23.2. The SMILES string of the molecule is COC(=O)ON1CCC(Nc2ccc(C(=O)c3cc(F)ccc3OC)c(N)n2)CC1. The molecule has 10 heteroatoms. The van der Waals surface area contributed by atoms with Gasteiger partial charge in [0.15, 0.2) is 0 Å². The van der Waals surface area contributed by atoms with E-state index in [1.807, 2.05) is 0 Å². The molecule has 1 saturated heterocycles. The minimum atomic E-state index is -0.744. The molecule has 1 aliphatic rings.